The van der Waals surface area contributed by atoms with Gasteiger partial charge in [0, 0.05) is 62.5 Å². The third-order valence-electron chi connectivity index (χ3n) is 6.36. The number of hydrogen-bond donors (Lipinski definition) is 0. The van der Waals surface area contributed by atoms with Crippen LogP contribution >= 0.6 is 0 Å². The molecular formula is C23H26N6O2. The van der Waals surface area contributed by atoms with Crippen LogP contribution in [0.4, 0.5) is 11.6 Å². The second-order valence-electron chi connectivity index (χ2n) is 8.15. The number of ether oxygens (including phenoxy) is 1. The van der Waals surface area contributed by atoms with Gasteiger partial charge in [0.1, 0.15) is 12.1 Å². The second-order valence-corrected chi connectivity index (χ2v) is 8.15. The molecule has 8 nitrogen and oxygen atoms in total. The minimum atomic E-state index is -0.0435. The van der Waals surface area contributed by atoms with Crippen LogP contribution < -0.4 is 20.1 Å². The topological polar surface area (TPSA) is 76.4 Å². The smallest absolute Gasteiger partial charge is 0.255 e. The van der Waals surface area contributed by atoms with Crippen molar-refractivity contribution in [1.29, 1.82) is 0 Å². The molecule has 2 atom stereocenters. The Balaban J connectivity index is 1.37. The van der Waals surface area contributed by atoms with Crippen LogP contribution in [0.2, 0.25) is 0 Å². The SMILES string of the molecule is CCn1c(N2C[C@H]3CN(c4ccc(OC)cc4)C[C@H]3C2)nc(-c2ccncn2)cc1=O. The fourth-order valence-electron chi connectivity index (χ4n) is 4.77. The van der Waals surface area contributed by atoms with Crippen LogP contribution in [0, 0.1) is 11.8 Å². The molecule has 5 rings (SSSR count). The lowest BCUT2D eigenvalue weighted by Crippen LogP contribution is -2.34. The highest BCUT2D eigenvalue weighted by Crippen LogP contribution is 2.36. The van der Waals surface area contributed by atoms with E-state index in [1.54, 1.807) is 30.0 Å². The summed E-state index contributed by atoms with van der Waals surface area (Å²) in [5.41, 5.74) is 2.46. The minimum Gasteiger partial charge on any atom is -0.497 e. The van der Waals surface area contributed by atoms with Crippen molar-refractivity contribution in [2.75, 3.05) is 43.1 Å². The molecule has 2 aromatic heterocycles. The number of aromatic nitrogens is 4. The molecule has 0 amide bonds. The number of fused-ring (bicyclic) bond motifs is 1. The maximum Gasteiger partial charge on any atom is 0.255 e. The molecule has 2 fully saturated rings. The molecular weight excluding hydrogens is 392 g/mol. The third-order valence-corrected chi connectivity index (χ3v) is 6.36. The maximum absolute atomic E-state index is 12.8. The maximum atomic E-state index is 12.8. The molecule has 0 spiro atoms. The predicted molar refractivity (Wildman–Crippen MR) is 120 cm³/mol. The minimum absolute atomic E-state index is 0.0435. The Bertz CT molecular complexity index is 1100. The molecule has 160 valence electrons. The van der Waals surface area contributed by atoms with Crippen molar-refractivity contribution in [3.8, 4) is 17.1 Å². The van der Waals surface area contributed by atoms with E-state index in [-0.39, 0.29) is 5.56 Å². The molecule has 31 heavy (non-hydrogen) atoms. The molecule has 0 radical (unpaired) electrons. The van der Waals surface area contributed by atoms with E-state index in [0.717, 1.165) is 37.9 Å². The van der Waals surface area contributed by atoms with Crippen LogP contribution in [0.25, 0.3) is 11.4 Å². The molecule has 0 bridgehead atoms. The summed E-state index contributed by atoms with van der Waals surface area (Å²) in [5.74, 6) is 2.72. The highest BCUT2D eigenvalue weighted by molar-refractivity contribution is 5.56. The summed E-state index contributed by atoms with van der Waals surface area (Å²) in [6, 6.07) is 11.6. The Kier molecular flexibility index (Phi) is 5.05. The molecule has 2 aliphatic rings. The third kappa shape index (κ3) is 3.62. The molecule has 2 saturated heterocycles. The van der Waals surface area contributed by atoms with Crippen molar-refractivity contribution in [3.05, 3.63) is 59.3 Å². The van der Waals surface area contributed by atoms with E-state index in [0.29, 0.717) is 29.8 Å². The number of rotatable bonds is 5. The highest BCUT2D eigenvalue weighted by Gasteiger charge is 2.41. The van der Waals surface area contributed by atoms with Crippen LogP contribution in [-0.2, 0) is 6.54 Å². The first-order chi connectivity index (χ1) is 15.2. The van der Waals surface area contributed by atoms with Crippen molar-refractivity contribution >= 4 is 11.6 Å². The molecule has 1 aromatic carbocycles. The zero-order valence-electron chi connectivity index (χ0n) is 17.8. The second kappa shape index (κ2) is 8.02. The van der Waals surface area contributed by atoms with Crippen LogP contribution in [0.15, 0.2) is 53.7 Å². The number of anilines is 2. The van der Waals surface area contributed by atoms with Gasteiger partial charge < -0.3 is 14.5 Å². The fourth-order valence-corrected chi connectivity index (χ4v) is 4.77. The number of methoxy groups -OCH3 is 1. The van der Waals surface area contributed by atoms with E-state index < -0.39 is 0 Å². The molecule has 4 heterocycles. The highest BCUT2D eigenvalue weighted by atomic mass is 16.5. The lowest BCUT2D eigenvalue weighted by Gasteiger charge is -2.25. The largest absolute Gasteiger partial charge is 0.497 e. The van der Waals surface area contributed by atoms with Crippen molar-refractivity contribution < 1.29 is 4.74 Å². The summed E-state index contributed by atoms with van der Waals surface area (Å²) >= 11 is 0. The van der Waals surface area contributed by atoms with Crippen molar-refractivity contribution in [2.24, 2.45) is 11.8 Å². The van der Waals surface area contributed by atoms with E-state index in [9.17, 15) is 4.79 Å². The Morgan fingerprint density at radius 3 is 2.32 bits per heavy atom. The first-order valence-corrected chi connectivity index (χ1v) is 10.7. The summed E-state index contributed by atoms with van der Waals surface area (Å²) in [6.07, 6.45) is 3.15. The van der Waals surface area contributed by atoms with Gasteiger partial charge >= 0.3 is 0 Å². The van der Waals surface area contributed by atoms with Crippen LogP contribution in [-0.4, -0.2) is 52.8 Å². The number of nitrogens with zero attached hydrogens (tertiary/aromatic N) is 6. The van der Waals surface area contributed by atoms with Gasteiger partial charge in [0.2, 0.25) is 5.95 Å². The number of benzene rings is 1. The van der Waals surface area contributed by atoms with Crippen LogP contribution in [0.5, 0.6) is 5.75 Å². The molecule has 8 heteroatoms. The number of hydrogen-bond acceptors (Lipinski definition) is 7. The van der Waals surface area contributed by atoms with E-state index in [2.05, 4.69) is 31.9 Å². The Morgan fingerprint density at radius 1 is 1.00 bits per heavy atom. The van der Waals surface area contributed by atoms with Gasteiger partial charge in [-0.1, -0.05) is 0 Å². The first-order valence-electron chi connectivity index (χ1n) is 10.7. The van der Waals surface area contributed by atoms with Gasteiger partial charge in [-0.3, -0.25) is 9.36 Å². The van der Waals surface area contributed by atoms with Gasteiger partial charge in [-0.25, -0.2) is 15.0 Å². The first kappa shape index (κ1) is 19.5. The van der Waals surface area contributed by atoms with Crippen molar-refractivity contribution in [1.82, 2.24) is 19.5 Å². The van der Waals surface area contributed by atoms with Crippen LogP contribution in [0.1, 0.15) is 6.92 Å². The Labute approximate surface area is 181 Å². The van der Waals surface area contributed by atoms with Gasteiger partial charge in [-0.05, 0) is 37.3 Å². The fraction of sp³-hybridized carbons (Fsp3) is 0.391. The molecule has 0 N–H and O–H groups in total. The summed E-state index contributed by atoms with van der Waals surface area (Å²) < 4.78 is 7.03. The van der Waals surface area contributed by atoms with Crippen molar-refractivity contribution in [3.63, 3.8) is 0 Å². The zero-order valence-corrected chi connectivity index (χ0v) is 17.8. The zero-order chi connectivity index (χ0) is 21.4. The van der Waals surface area contributed by atoms with Gasteiger partial charge in [-0.2, -0.15) is 0 Å². The Morgan fingerprint density at radius 2 is 1.71 bits per heavy atom. The quantitative estimate of drug-likeness (QED) is 0.629. The average Bonchev–Trinajstić information content (AvgIpc) is 3.39. The van der Waals surface area contributed by atoms with Crippen molar-refractivity contribution in [2.45, 2.75) is 13.5 Å². The van der Waals surface area contributed by atoms with Gasteiger partial charge in [0.25, 0.3) is 5.56 Å². The molecule has 0 aliphatic carbocycles. The lowest BCUT2D eigenvalue weighted by atomic mass is 10.0. The van der Waals surface area contributed by atoms with E-state index in [1.807, 2.05) is 19.1 Å². The van der Waals surface area contributed by atoms with E-state index in [1.165, 1.54) is 12.0 Å². The van der Waals surface area contributed by atoms with Gasteiger partial charge in [-0.15, -0.1) is 0 Å². The van der Waals surface area contributed by atoms with E-state index in [4.69, 9.17) is 9.72 Å². The molecule has 0 saturated carbocycles. The summed E-state index contributed by atoms with van der Waals surface area (Å²) in [7, 11) is 1.69. The summed E-state index contributed by atoms with van der Waals surface area (Å²) in [5, 5.41) is 0. The van der Waals surface area contributed by atoms with E-state index >= 15 is 0 Å². The monoisotopic (exact) mass is 418 g/mol. The van der Waals surface area contributed by atoms with Crippen LogP contribution in [0.3, 0.4) is 0 Å². The molecule has 2 aliphatic heterocycles. The predicted octanol–water partition coefficient (Wildman–Crippen LogP) is 2.30. The molecule has 3 aromatic rings. The lowest BCUT2D eigenvalue weighted by molar-refractivity contribution is 0.415. The Hall–Kier alpha value is -3.42. The standard InChI is InChI=1S/C23H26N6O2/c1-3-29-22(30)10-21(20-8-9-24-15-25-20)26-23(29)28-13-16-11-27(12-17(16)14-28)18-4-6-19(31-2)7-5-18/h4-10,15-17H,3,11-14H2,1-2H3/t16-,17+. The summed E-state index contributed by atoms with van der Waals surface area (Å²) in [4.78, 5) is 30.6. The summed E-state index contributed by atoms with van der Waals surface area (Å²) in [6.45, 7) is 6.40. The van der Waals surface area contributed by atoms with Gasteiger partial charge in [0.15, 0.2) is 0 Å². The normalized spacial score (nSPS) is 20.2. The van der Waals surface area contributed by atoms with Gasteiger partial charge in [0.05, 0.1) is 18.5 Å². The molecule has 0 unspecified atom stereocenters. The average molecular weight is 419 g/mol.